The minimum absolute atomic E-state index is 0.239. The van der Waals surface area contributed by atoms with Gasteiger partial charge >= 0.3 is 5.69 Å². The van der Waals surface area contributed by atoms with Crippen LogP contribution in [-0.4, -0.2) is 19.1 Å². The van der Waals surface area contributed by atoms with Crippen LogP contribution in [0.25, 0.3) is 11.4 Å². The number of imidazole rings is 1. The van der Waals surface area contributed by atoms with E-state index in [9.17, 15) is 4.79 Å². The summed E-state index contributed by atoms with van der Waals surface area (Å²) < 4.78 is 2.96. The Balaban J connectivity index is 2.29. The zero-order valence-electron chi connectivity index (χ0n) is 10.2. The standard InChI is InChI=1S/C13H10N4OS2/c18-13-16(9-1-5-14-6-2-9)11(19)12(20)17(13)10-3-7-15-8-4-10/h1-8,19-20H. The number of pyridine rings is 2. The SMILES string of the molecule is O=c1n(-c2ccncc2)c(S)c(S)n1-c1ccncc1. The quantitative estimate of drug-likeness (QED) is 0.712. The van der Waals surface area contributed by atoms with Gasteiger partial charge in [-0.25, -0.2) is 4.79 Å². The van der Waals surface area contributed by atoms with Crippen LogP contribution in [0.2, 0.25) is 0 Å². The van der Waals surface area contributed by atoms with Crippen molar-refractivity contribution < 1.29 is 0 Å². The Morgan fingerprint density at radius 1 is 0.750 bits per heavy atom. The highest BCUT2D eigenvalue weighted by molar-refractivity contribution is 7.83. The molecule has 0 N–H and O–H groups in total. The summed E-state index contributed by atoms with van der Waals surface area (Å²) in [7, 11) is 0. The molecule has 100 valence electrons. The van der Waals surface area contributed by atoms with E-state index < -0.39 is 0 Å². The second kappa shape index (κ2) is 5.18. The highest BCUT2D eigenvalue weighted by atomic mass is 32.1. The third-order valence-corrected chi connectivity index (χ3v) is 3.85. The van der Waals surface area contributed by atoms with Gasteiger partial charge in [0.15, 0.2) is 0 Å². The molecule has 0 spiro atoms. The Morgan fingerprint density at radius 2 is 1.10 bits per heavy atom. The van der Waals surface area contributed by atoms with Gasteiger partial charge in [0.1, 0.15) is 10.1 Å². The van der Waals surface area contributed by atoms with Crippen LogP contribution in [0.5, 0.6) is 0 Å². The largest absolute Gasteiger partial charge is 0.339 e. The van der Waals surface area contributed by atoms with E-state index in [1.807, 2.05) is 0 Å². The van der Waals surface area contributed by atoms with Gasteiger partial charge in [-0.2, -0.15) is 0 Å². The summed E-state index contributed by atoms with van der Waals surface area (Å²) >= 11 is 8.79. The minimum Gasteiger partial charge on any atom is -0.265 e. The summed E-state index contributed by atoms with van der Waals surface area (Å²) in [5, 5.41) is 0.947. The van der Waals surface area contributed by atoms with Crippen LogP contribution >= 0.6 is 25.3 Å². The number of nitrogens with zero attached hydrogens (tertiary/aromatic N) is 4. The first kappa shape index (κ1) is 13.0. The van der Waals surface area contributed by atoms with Gasteiger partial charge in [-0.05, 0) is 24.3 Å². The van der Waals surface area contributed by atoms with E-state index >= 15 is 0 Å². The van der Waals surface area contributed by atoms with E-state index in [2.05, 4.69) is 35.2 Å². The third kappa shape index (κ3) is 2.04. The lowest BCUT2D eigenvalue weighted by Crippen LogP contribution is -2.22. The van der Waals surface area contributed by atoms with Gasteiger partial charge in [-0.1, -0.05) is 0 Å². The lowest BCUT2D eigenvalue weighted by Gasteiger charge is -2.02. The van der Waals surface area contributed by atoms with Crippen molar-refractivity contribution in [1.82, 2.24) is 19.1 Å². The predicted molar refractivity (Wildman–Crippen MR) is 81.5 cm³/mol. The maximum Gasteiger partial charge on any atom is 0.339 e. The molecule has 0 aliphatic carbocycles. The molecule has 0 bridgehead atoms. The zero-order chi connectivity index (χ0) is 14.1. The van der Waals surface area contributed by atoms with Crippen molar-refractivity contribution in [2.45, 2.75) is 10.1 Å². The molecule has 0 fully saturated rings. The molecule has 0 amide bonds. The number of hydrogen-bond donors (Lipinski definition) is 2. The molecule has 5 nitrogen and oxygen atoms in total. The summed E-state index contributed by atoms with van der Waals surface area (Å²) in [6, 6.07) is 6.97. The molecule has 3 rings (SSSR count). The molecule has 3 aromatic rings. The number of rotatable bonds is 2. The summed E-state index contributed by atoms with van der Waals surface area (Å²) in [6.07, 6.45) is 6.49. The number of aromatic nitrogens is 4. The molecular formula is C13H10N4OS2. The smallest absolute Gasteiger partial charge is 0.265 e. The van der Waals surface area contributed by atoms with E-state index in [1.54, 1.807) is 49.1 Å². The highest BCUT2D eigenvalue weighted by Crippen LogP contribution is 2.23. The Kier molecular flexibility index (Phi) is 3.37. The van der Waals surface area contributed by atoms with Gasteiger partial charge < -0.3 is 0 Å². The molecule has 20 heavy (non-hydrogen) atoms. The molecule has 0 radical (unpaired) electrons. The van der Waals surface area contributed by atoms with Gasteiger partial charge in [0, 0.05) is 24.8 Å². The van der Waals surface area contributed by atoms with Crippen LogP contribution in [0.3, 0.4) is 0 Å². The lowest BCUT2D eigenvalue weighted by atomic mass is 10.4. The average molecular weight is 302 g/mol. The van der Waals surface area contributed by atoms with E-state index in [-0.39, 0.29) is 5.69 Å². The van der Waals surface area contributed by atoms with Gasteiger partial charge in [-0.15, -0.1) is 25.3 Å². The second-order valence-electron chi connectivity index (χ2n) is 4.01. The molecular weight excluding hydrogens is 292 g/mol. The van der Waals surface area contributed by atoms with Crippen molar-refractivity contribution in [1.29, 1.82) is 0 Å². The molecule has 0 aliphatic rings. The van der Waals surface area contributed by atoms with Crippen molar-refractivity contribution in [3.05, 3.63) is 59.5 Å². The van der Waals surface area contributed by atoms with Crippen LogP contribution in [0.15, 0.2) is 63.9 Å². The highest BCUT2D eigenvalue weighted by Gasteiger charge is 2.17. The molecule has 0 saturated heterocycles. The molecule has 0 aromatic carbocycles. The zero-order valence-corrected chi connectivity index (χ0v) is 12.0. The van der Waals surface area contributed by atoms with Crippen LogP contribution in [-0.2, 0) is 0 Å². The molecule has 0 aliphatic heterocycles. The van der Waals surface area contributed by atoms with Gasteiger partial charge in [0.05, 0.1) is 11.4 Å². The van der Waals surface area contributed by atoms with Gasteiger partial charge in [-0.3, -0.25) is 19.1 Å². The maximum atomic E-state index is 12.6. The van der Waals surface area contributed by atoms with Crippen molar-refractivity contribution >= 4 is 25.3 Å². The van der Waals surface area contributed by atoms with Crippen LogP contribution < -0.4 is 5.69 Å². The monoisotopic (exact) mass is 302 g/mol. The Bertz CT molecular complexity index is 730. The summed E-state index contributed by atoms with van der Waals surface area (Å²) in [4.78, 5) is 20.5. The fraction of sp³-hybridized carbons (Fsp3) is 0. The number of hydrogen-bond acceptors (Lipinski definition) is 5. The lowest BCUT2D eigenvalue weighted by molar-refractivity contribution is 0.865. The van der Waals surface area contributed by atoms with Crippen LogP contribution in [0.1, 0.15) is 0 Å². The first-order valence-electron chi connectivity index (χ1n) is 5.76. The normalized spacial score (nSPS) is 10.7. The summed E-state index contributed by atoms with van der Waals surface area (Å²) in [5.41, 5.74) is 1.15. The number of thiol groups is 2. The molecule has 3 aromatic heterocycles. The molecule has 0 atom stereocenters. The van der Waals surface area contributed by atoms with Crippen LogP contribution in [0, 0.1) is 0 Å². The minimum atomic E-state index is -0.239. The summed E-state index contributed by atoms with van der Waals surface area (Å²) in [6.45, 7) is 0. The Labute approximate surface area is 125 Å². The Hall–Kier alpha value is -1.99. The molecule has 3 heterocycles. The maximum absolute atomic E-state index is 12.6. The van der Waals surface area contributed by atoms with Gasteiger partial charge in [0.25, 0.3) is 0 Å². The van der Waals surface area contributed by atoms with Crippen molar-refractivity contribution in [2.75, 3.05) is 0 Å². The summed E-state index contributed by atoms with van der Waals surface area (Å²) in [5.74, 6) is 0. The third-order valence-electron chi connectivity index (χ3n) is 2.85. The molecule has 0 saturated carbocycles. The van der Waals surface area contributed by atoms with E-state index in [4.69, 9.17) is 0 Å². The second-order valence-corrected chi connectivity index (χ2v) is 4.86. The van der Waals surface area contributed by atoms with E-state index in [0.717, 1.165) is 0 Å². The van der Waals surface area contributed by atoms with Crippen molar-refractivity contribution in [2.24, 2.45) is 0 Å². The molecule has 0 unspecified atom stereocenters. The van der Waals surface area contributed by atoms with Crippen molar-refractivity contribution in [3.63, 3.8) is 0 Å². The van der Waals surface area contributed by atoms with E-state index in [1.165, 1.54) is 9.13 Å². The molecule has 7 heteroatoms. The predicted octanol–water partition coefficient (Wildman–Crippen LogP) is 2.00. The van der Waals surface area contributed by atoms with E-state index in [0.29, 0.717) is 21.4 Å². The van der Waals surface area contributed by atoms with Crippen LogP contribution in [0.4, 0.5) is 0 Å². The fourth-order valence-electron chi connectivity index (χ4n) is 1.93. The Morgan fingerprint density at radius 3 is 1.45 bits per heavy atom. The average Bonchev–Trinajstić information content (AvgIpc) is 2.71. The van der Waals surface area contributed by atoms with Crippen molar-refractivity contribution in [3.8, 4) is 11.4 Å². The first-order chi connectivity index (χ1) is 9.70. The fourth-order valence-corrected chi connectivity index (χ4v) is 2.53. The van der Waals surface area contributed by atoms with Gasteiger partial charge in [0.2, 0.25) is 0 Å². The first-order valence-corrected chi connectivity index (χ1v) is 6.66. The topological polar surface area (TPSA) is 52.7 Å².